The first-order chi connectivity index (χ1) is 26.9. The van der Waals surface area contributed by atoms with Gasteiger partial charge in [0.2, 0.25) is 6.29 Å². The van der Waals surface area contributed by atoms with Gasteiger partial charge < -0.3 is 42.6 Å². The third-order valence-corrected chi connectivity index (χ3v) is 10.7. The third kappa shape index (κ3) is 9.95. The lowest BCUT2D eigenvalue weighted by molar-refractivity contribution is -0.272. The second-order valence-corrected chi connectivity index (χ2v) is 14.5. The topological polar surface area (TPSA) is 117 Å². The van der Waals surface area contributed by atoms with Crippen molar-refractivity contribution in [2.24, 2.45) is 0 Å². The van der Waals surface area contributed by atoms with E-state index in [0.717, 1.165) is 22.3 Å². The van der Waals surface area contributed by atoms with Crippen LogP contribution in [0.2, 0.25) is 0 Å². The normalized spacial score (nSPS) is 24.5. The highest BCUT2D eigenvalue weighted by molar-refractivity contribution is 8.04. The van der Waals surface area contributed by atoms with E-state index < -0.39 is 54.0 Å². The predicted molar refractivity (Wildman–Crippen MR) is 202 cm³/mol. The number of hydrogen-bond donors (Lipinski definition) is 0. The van der Waals surface area contributed by atoms with Crippen molar-refractivity contribution in [3.63, 3.8) is 0 Å². The van der Waals surface area contributed by atoms with Crippen molar-refractivity contribution in [3.8, 4) is 5.75 Å². The van der Waals surface area contributed by atoms with Gasteiger partial charge >= 0.3 is 11.9 Å². The molecular formula is C43H44O11S. The molecule has 7 rings (SSSR count). The maximum atomic E-state index is 13.7. The number of methoxy groups -OCH3 is 1. The van der Waals surface area contributed by atoms with E-state index in [1.165, 1.54) is 18.7 Å². The van der Waals surface area contributed by atoms with E-state index in [0.29, 0.717) is 19.0 Å². The molecular weight excluding hydrogens is 725 g/mol. The van der Waals surface area contributed by atoms with E-state index in [-0.39, 0.29) is 37.1 Å². The van der Waals surface area contributed by atoms with Gasteiger partial charge in [0.05, 0.1) is 40.1 Å². The van der Waals surface area contributed by atoms with Crippen LogP contribution in [0.1, 0.15) is 29.2 Å². The zero-order valence-corrected chi connectivity index (χ0v) is 31.5. The number of thioether (sulfide) groups is 1. The van der Waals surface area contributed by atoms with Crippen molar-refractivity contribution in [1.82, 2.24) is 0 Å². The molecule has 0 unspecified atom stereocenters. The van der Waals surface area contributed by atoms with Gasteiger partial charge in [-0.2, -0.15) is 0 Å². The largest absolute Gasteiger partial charge is 0.497 e. The van der Waals surface area contributed by atoms with Crippen molar-refractivity contribution in [2.75, 3.05) is 20.3 Å². The molecule has 0 amide bonds. The molecule has 0 N–H and O–H groups in total. The molecule has 288 valence electrons. The molecule has 3 aliphatic rings. The Balaban J connectivity index is 1.19. The maximum Gasteiger partial charge on any atom is 0.348 e. The van der Waals surface area contributed by atoms with Gasteiger partial charge in [-0.3, -0.25) is 4.79 Å². The van der Waals surface area contributed by atoms with Gasteiger partial charge in [0.25, 0.3) is 0 Å². The first kappa shape index (κ1) is 38.6. The van der Waals surface area contributed by atoms with Gasteiger partial charge in [-0.15, -0.1) is 11.8 Å². The molecule has 0 saturated carbocycles. The molecule has 3 aliphatic heterocycles. The van der Waals surface area contributed by atoms with Crippen LogP contribution in [0, 0.1) is 0 Å². The van der Waals surface area contributed by atoms with Crippen LogP contribution >= 0.6 is 11.8 Å². The quantitative estimate of drug-likeness (QED) is 0.116. The zero-order valence-electron chi connectivity index (χ0n) is 30.7. The SMILES string of the molecule is COc1ccc(CO[C@H]2C3=C(S[C@H]4[C@@H](O3)O[C@@H](COCc3ccccc3)[C@H](OCc3ccccc3)[C@H]4OCc3ccccc3)C(=O)O[C@@H]2COC(C)=O)cc1. The van der Waals surface area contributed by atoms with Gasteiger partial charge in [0.15, 0.2) is 18.0 Å². The van der Waals surface area contributed by atoms with Crippen LogP contribution in [0.4, 0.5) is 0 Å². The molecule has 0 spiro atoms. The Morgan fingerprint density at radius 1 is 0.655 bits per heavy atom. The van der Waals surface area contributed by atoms with Crippen LogP contribution in [0.5, 0.6) is 5.75 Å². The minimum Gasteiger partial charge on any atom is -0.497 e. The number of rotatable bonds is 16. The van der Waals surface area contributed by atoms with Crippen LogP contribution < -0.4 is 4.74 Å². The molecule has 1 saturated heterocycles. The van der Waals surface area contributed by atoms with E-state index in [9.17, 15) is 9.59 Å². The van der Waals surface area contributed by atoms with E-state index in [4.69, 9.17) is 42.6 Å². The van der Waals surface area contributed by atoms with Gasteiger partial charge in [-0.05, 0) is 34.4 Å². The molecule has 1 fully saturated rings. The highest BCUT2D eigenvalue weighted by Gasteiger charge is 2.55. The third-order valence-electron chi connectivity index (χ3n) is 9.36. The summed E-state index contributed by atoms with van der Waals surface area (Å²) >= 11 is 1.26. The van der Waals surface area contributed by atoms with Crippen molar-refractivity contribution < 1.29 is 52.2 Å². The van der Waals surface area contributed by atoms with E-state index >= 15 is 0 Å². The summed E-state index contributed by atoms with van der Waals surface area (Å²) in [7, 11) is 1.60. The lowest BCUT2D eigenvalue weighted by Crippen LogP contribution is -2.62. The first-order valence-electron chi connectivity index (χ1n) is 18.2. The van der Waals surface area contributed by atoms with Crippen molar-refractivity contribution in [1.29, 1.82) is 0 Å². The van der Waals surface area contributed by atoms with Gasteiger partial charge in [0, 0.05) is 6.92 Å². The summed E-state index contributed by atoms with van der Waals surface area (Å²) in [6, 6.07) is 37.1. The Morgan fingerprint density at radius 3 is 1.82 bits per heavy atom. The Kier molecular flexibility index (Phi) is 13.2. The Bertz CT molecular complexity index is 1870. The molecule has 4 aromatic rings. The standard InChI is InChI=1S/C43H44O11S/c1-28(44)48-27-35-37(50-25-32-18-20-33(46-2)21-19-32)39-40(42(45)52-35)55-41-38(51-24-31-16-10-5-11-17-31)36(49-23-30-14-8-4-9-15-30)34(53-43(41)54-39)26-47-22-29-12-6-3-7-13-29/h3-21,34-38,41,43H,22-27H2,1-2H3/t34-,35+,36-,37+,38+,41+,43+/m0/s1. The van der Waals surface area contributed by atoms with E-state index in [2.05, 4.69) is 0 Å². The lowest BCUT2D eigenvalue weighted by atomic mass is 9.99. The summed E-state index contributed by atoms with van der Waals surface area (Å²) in [5.41, 5.74) is 3.83. The van der Waals surface area contributed by atoms with Gasteiger partial charge in [0.1, 0.15) is 40.8 Å². The van der Waals surface area contributed by atoms with Crippen LogP contribution in [-0.4, -0.2) is 74.3 Å². The van der Waals surface area contributed by atoms with Crippen LogP contribution in [-0.2, 0) is 73.9 Å². The predicted octanol–water partition coefficient (Wildman–Crippen LogP) is 6.53. The number of fused-ring (bicyclic) bond motifs is 1. The average Bonchev–Trinajstić information content (AvgIpc) is 3.22. The van der Waals surface area contributed by atoms with Crippen molar-refractivity contribution in [2.45, 2.75) is 75.4 Å². The maximum absolute atomic E-state index is 13.7. The minimum absolute atomic E-state index is 0.150. The summed E-state index contributed by atoms with van der Waals surface area (Å²) in [6.45, 7) is 2.35. The van der Waals surface area contributed by atoms with Gasteiger partial charge in [-0.1, -0.05) is 103 Å². The van der Waals surface area contributed by atoms with Crippen molar-refractivity contribution >= 4 is 23.7 Å². The smallest absolute Gasteiger partial charge is 0.348 e. The number of ether oxygens (including phenoxy) is 9. The van der Waals surface area contributed by atoms with E-state index in [1.807, 2.05) is 115 Å². The summed E-state index contributed by atoms with van der Waals surface area (Å²) in [4.78, 5) is 25.8. The summed E-state index contributed by atoms with van der Waals surface area (Å²) in [5, 5.41) is -0.548. The number of carbonyl (C=O) groups is 2. The molecule has 0 radical (unpaired) electrons. The van der Waals surface area contributed by atoms with Crippen LogP contribution in [0.15, 0.2) is 126 Å². The molecule has 0 aromatic heterocycles. The second-order valence-electron chi connectivity index (χ2n) is 13.3. The molecule has 0 bridgehead atoms. The fourth-order valence-corrected chi connectivity index (χ4v) is 7.87. The second kappa shape index (κ2) is 18.8. The highest BCUT2D eigenvalue weighted by Crippen LogP contribution is 2.47. The number of cyclic esters (lactones) is 1. The summed E-state index contributed by atoms with van der Waals surface area (Å²) < 4.78 is 56.1. The average molecular weight is 769 g/mol. The van der Waals surface area contributed by atoms with E-state index in [1.54, 1.807) is 7.11 Å². The van der Waals surface area contributed by atoms with Crippen LogP contribution in [0.3, 0.4) is 0 Å². The van der Waals surface area contributed by atoms with Gasteiger partial charge in [-0.25, -0.2) is 4.79 Å². The molecule has 4 aromatic carbocycles. The number of esters is 2. The number of carbonyl (C=O) groups excluding carboxylic acids is 2. The monoisotopic (exact) mass is 768 g/mol. The zero-order chi connectivity index (χ0) is 38.0. The van der Waals surface area contributed by atoms with Crippen molar-refractivity contribution in [3.05, 3.63) is 148 Å². The Morgan fingerprint density at radius 2 is 1.22 bits per heavy atom. The summed E-state index contributed by atoms with van der Waals surface area (Å²) in [6.07, 6.45) is -4.61. The fraction of sp³-hybridized carbons (Fsp3) is 0.349. The molecule has 55 heavy (non-hydrogen) atoms. The molecule has 7 atom stereocenters. The minimum atomic E-state index is -0.966. The lowest BCUT2D eigenvalue weighted by Gasteiger charge is -2.49. The fourth-order valence-electron chi connectivity index (χ4n) is 6.58. The molecule has 3 heterocycles. The molecule has 0 aliphatic carbocycles. The number of hydrogen-bond acceptors (Lipinski definition) is 12. The molecule has 11 nitrogen and oxygen atoms in total. The first-order valence-corrected chi connectivity index (χ1v) is 19.1. The molecule has 12 heteroatoms. The Hall–Kier alpha value is -4.69. The van der Waals surface area contributed by atoms with Crippen LogP contribution in [0.25, 0.3) is 0 Å². The Labute approximate surface area is 324 Å². The highest BCUT2D eigenvalue weighted by atomic mass is 32.2. The summed E-state index contributed by atoms with van der Waals surface area (Å²) in [5.74, 6) is -0.171. The number of benzene rings is 4.